The highest BCUT2D eigenvalue weighted by atomic mass is 79.9. The van der Waals surface area contributed by atoms with E-state index >= 15 is 0 Å². The van der Waals surface area contributed by atoms with Crippen LogP contribution >= 0.6 is 59.4 Å². The molecule has 0 saturated heterocycles. The number of hydrogen-bond donors (Lipinski definition) is 1. The summed E-state index contributed by atoms with van der Waals surface area (Å²) in [5.74, 6) is 0. The fourth-order valence-corrected chi connectivity index (χ4v) is 4.96. The maximum absolute atomic E-state index is 12.4. The highest BCUT2D eigenvalue weighted by Crippen LogP contribution is 2.33. The van der Waals surface area contributed by atoms with Gasteiger partial charge in [-0.05, 0) is 62.2 Å². The van der Waals surface area contributed by atoms with Crippen LogP contribution < -0.4 is 4.72 Å². The third-order valence-electron chi connectivity index (χ3n) is 2.38. The first kappa shape index (κ1) is 16.3. The summed E-state index contributed by atoms with van der Waals surface area (Å²) in [6.45, 7) is 0. The third kappa shape index (κ3) is 3.57. The Kier molecular flexibility index (Phi) is 5.18. The Balaban J connectivity index is 2.44. The molecule has 0 aliphatic heterocycles. The largest absolute Gasteiger partial charge is 0.278 e. The molecular weight excluding hydrogens is 497 g/mol. The zero-order valence-corrected chi connectivity index (χ0v) is 16.0. The van der Waals surface area contributed by atoms with Gasteiger partial charge in [-0.1, -0.05) is 33.6 Å². The monoisotopic (exact) mass is 501 g/mol. The molecule has 0 radical (unpaired) electrons. The second-order valence-corrected chi connectivity index (χ2v) is 8.40. The molecule has 20 heavy (non-hydrogen) atoms. The van der Waals surface area contributed by atoms with Crippen molar-refractivity contribution in [1.29, 1.82) is 0 Å². The third-order valence-corrected chi connectivity index (χ3v) is 6.61. The van der Waals surface area contributed by atoms with E-state index in [1.54, 1.807) is 30.3 Å². The van der Waals surface area contributed by atoms with Crippen LogP contribution in [0.25, 0.3) is 0 Å². The van der Waals surface area contributed by atoms with E-state index in [4.69, 9.17) is 11.6 Å². The smallest absolute Gasteiger partial charge is 0.263 e. The van der Waals surface area contributed by atoms with E-state index in [9.17, 15) is 8.42 Å². The first-order valence-corrected chi connectivity index (χ1v) is 9.47. The van der Waals surface area contributed by atoms with Crippen molar-refractivity contribution in [1.82, 2.24) is 0 Å². The van der Waals surface area contributed by atoms with Crippen LogP contribution in [-0.4, -0.2) is 8.42 Å². The van der Waals surface area contributed by atoms with Crippen molar-refractivity contribution in [3.63, 3.8) is 0 Å². The summed E-state index contributed by atoms with van der Waals surface area (Å²) in [6.07, 6.45) is 0. The van der Waals surface area contributed by atoms with Gasteiger partial charge < -0.3 is 0 Å². The molecular formula is C12H7Br3ClNO2S. The van der Waals surface area contributed by atoms with Crippen LogP contribution in [0.5, 0.6) is 0 Å². The lowest BCUT2D eigenvalue weighted by Crippen LogP contribution is -2.14. The SMILES string of the molecule is O=S(=O)(Nc1cccc(Cl)c1Br)c1ccc(Br)cc1Br. The van der Waals surface area contributed by atoms with Crippen molar-refractivity contribution in [3.05, 3.63) is 54.8 Å². The minimum atomic E-state index is -3.71. The molecule has 0 aromatic heterocycles. The van der Waals surface area contributed by atoms with Gasteiger partial charge in [-0.2, -0.15) is 0 Å². The molecule has 2 rings (SSSR count). The molecule has 0 heterocycles. The molecule has 0 aliphatic carbocycles. The number of anilines is 1. The quantitative estimate of drug-likeness (QED) is 0.606. The lowest BCUT2D eigenvalue weighted by Gasteiger charge is -2.12. The van der Waals surface area contributed by atoms with Crippen molar-refractivity contribution >= 4 is 75.1 Å². The Bertz CT molecular complexity index is 765. The molecule has 1 N–H and O–H groups in total. The summed E-state index contributed by atoms with van der Waals surface area (Å²) in [4.78, 5) is 0.146. The number of benzene rings is 2. The summed E-state index contributed by atoms with van der Waals surface area (Å²) >= 11 is 15.7. The molecule has 0 aliphatic rings. The summed E-state index contributed by atoms with van der Waals surface area (Å²) in [5, 5.41) is 0.431. The topological polar surface area (TPSA) is 46.2 Å². The average molecular weight is 504 g/mol. The fraction of sp³-hybridized carbons (Fsp3) is 0. The normalized spacial score (nSPS) is 11.4. The Morgan fingerprint density at radius 1 is 1.05 bits per heavy atom. The first-order chi connectivity index (χ1) is 9.31. The zero-order chi connectivity index (χ0) is 14.9. The molecule has 0 unspecified atom stereocenters. The Morgan fingerprint density at radius 2 is 1.75 bits per heavy atom. The van der Waals surface area contributed by atoms with Gasteiger partial charge in [-0.3, -0.25) is 4.72 Å². The lowest BCUT2D eigenvalue weighted by atomic mass is 10.3. The number of nitrogens with one attached hydrogen (secondary N) is 1. The van der Waals surface area contributed by atoms with E-state index in [0.717, 1.165) is 4.47 Å². The van der Waals surface area contributed by atoms with Crippen LogP contribution in [0.2, 0.25) is 5.02 Å². The second-order valence-electron chi connectivity index (χ2n) is 3.78. The van der Waals surface area contributed by atoms with Crippen LogP contribution in [0.4, 0.5) is 5.69 Å². The Morgan fingerprint density at radius 3 is 2.40 bits per heavy atom. The standard InChI is InChI=1S/C12H7Br3ClNO2S/c13-7-4-5-11(8(14)6-7)20(18,19)17-10-3-1-2-9(16)12(10)15/h1-6,17H. The summed E-state index contributed by atoms with van der Waals surface area (Å²) in [7, 11) is -3.71. The number of hydrogen-bond acceptors (Lipinski definition) is 2. The van der Waals surface area contributed by atoms with Crippen LogP contribution in [-0.2, 0) is 10.0 Å². The number of rotatable bonds is 3. The lowest BCUT2D eigenvalue weighted by molar-refractivity contribution is 0.600. The van der Waals surface area contributed by atoms with Gasteiger partial charge in [-0.15, -0.1) is 0 Å². The molecule has 0 fully saturated rings. The molecule has 0 saturated carbocycles. The molecule has 0 bridgehead atoms. The van der Waals surface area contributed by atoms with E-state index in [2.05, 4.69) is 52.5 Å². The van der Waals surface area contributed by atoms with E-state index in [0.29, 0.717) is 19.7 Å². The molecule has 2 aromatic carbocycles. The molecule has 3 nitrogen and oxygen atoms in total. The van der Waals surface area contributed by atoms with E-state index < -0.39 is 10.0 Å². The van der Waals surface area contributed by atoms with Crippen LogP contribution in [0.1, 0.15) is 0 Å². The van der Waals surface area contributed by atoms with Crippen molar-refractivity contribution in [2.45, 2.75) is 4.90 Å². The number of halogens is 4. The maximum atomic E-state index is 12.4. The van der Waals surface area contributed by atoms with E-state index in [-0.39, 0.29) is 4.90 Å². The van der Waals surface area contributed by atoms with Crippen LogP contribution in [0.15, 0.2) is 54.7 Å². The van der Waals surface area contributed by atoms with Crippen LogP contribution in [0.3, 0.4) is 0 Å². The second kappa shape index (κ2) is 6.36. The molecule has 2 aromatic rings. The Labute approximate surface area is 147 Å². The predicted molar refractivity (Wildman–Crippen MR) is 91.8 cm³/mol. The van der Waals surface area contributed by atoms with Crippen molar-refractivity contribution in [2.75, 3.05) is 4.72 Å². The van der Waals surface area contributed by atoms with E-state index in [1.165, 1.54) is 6.07 Å². The summed E-state index contributed by atoms with van der Waals surface area (Å²) in [6, 6.07) is 9.80. The summed E-state index contributed by atoms with van der Waals surface area (Å²) in [5.41, 5.74) is 0.382. The minimum Gasteiger partial charge on any atom is -0.278 e. The van der Waals surface area contributed by atoms with Gasteiger partial charge in [0.1, 0.15) is 4.90 Å². The number of sulfonamides is 1. The predicted octanol–water partition coefficient (Wildman–Crippen LogP) is 5.43. The fourth-order valence-electron chi connectivity index (χ4n) is 1.48. The molecule has 0 atom stereocenters. The molecule has 0 amide bonds. The first-order valence-electron chi connectivity index (χ1n) is 5.23. The van der Waals surface area contributed by atoms with Gasteiger partial charge >= 0.3 is 0 Å². The van der Waals surface area contributed by atoms with Crippen molar-refractivity contribution in [3.8, 4) is 0 Å². The Hall–Kier alpha value is -0.0800. The summed E-state index contributed by atoms with van der Waals surface area (Å²) < 4.78 is 29.0. The van der Waals surface area contributed by atoms with Gasteiger partial charge in [0.05, 0.1) is 15.2 Å². The van der Waals surface area contributed by atoms with Gasteiger partial charge in [0, 0.05) is 8.95 Å². The zero-order valence-electron chi connectivity index (χ0n) is 9.70. The highest BCUT2D eigenvalue weighted by molar-refractivity contribution is 9.11. The van der Waals surface area contributed by atoms with Gasteiger partial charge in [-0.25, -0.2) is 8.42 Å². The van der Waals surface area contributed by atoms with Gasteiger partial charge in [0.2, 0.25) is 0 Å². The van der Waals surface area contributed by atoms with Gasteiger partial charge in [0.15, 0.2) is 0 Å². The molecule has 8 heteroatoms. The maximum Gasteiger partial charge on any atom is 0.263 e. The minimum absolute atomic E-state index is 0.146. The highest BCUT2D eigenvalue weighted by Gasteiger charge is 2.19. The molecule has 106 valence electrons. The molecule has 0 spiro atoms. The van der Waals surface area contributed by atoms with Crippen molar-refractivity contribution in [2.24, 2.45) is 0 Å². The van der Waals surface area contributed by atoms with Crippen LogP contribution in [0, 0.1) is 0 Å². The van der Waals surface area contributed by atoms with Gasteiger partial charge in [0.25, 0.3) is 10.0 Å². The van der Waals surface area contributed by atoms with Crippen molar-refractivity contribution < 1.29 is 8.42 Å². The van der Waals surface area contributed by atoms with E-state index in [1.807, 2.05) is 0 Å². The average Bonchev–Trinajstić information content (AvgIpc) is 2.34.